The van der Waals surface area contributed by atoms with Crippen molar-refractivity contribution < 1.29 is 4.79 Å². The number of primary amides is 1. The second-order valence-electron chi connectivity index (χ2n) is 3.53. The summed E-state index contributed by atoms with van der Waals surface area (Å²) in [5.41, 5.74) is 5.24. The predicted molar refractivity (Wildman–Crippen MR) is 66.9 cm³/mol. The van der Waals surface area contributed by atoms with E-state index < -0.39 is 5.91 Å². The van der Waals surface area contributed by atoms with E-state index in [2.05, 4.69) is 34.6 Å². The van der Waals surface area contributed by atoms with Crippen LogP contribution in [0.3, 0.4) is 0 Å². The van der Waals surface area contributed by atoms with Crippen molar-refractivity contribution in [2.45, 2.75) is 13.5 Å². The van der Waals surface area contributed by atoms with Crippen molar-refractivity contribution in [3.63, 3.8) is 0 Å². The number of rotatable bonds is 4. The van der Waals surface area contributed by atoms with Gasteiger partial charge >= 0.3 is 0 Å². The molecule has 0 atom stereocenters. The topological polar surface area (TPSA) is 80.9 Å². The van der Waals surface area contributed by atoms with Gasteiger partial charge in [-0.1, -0.05) is 0 Å². The molecule has 2 rings (SSSR count). The lowest BCUT2D eigenvalue weighted by Gasteiger charge is -2.02. The summed E-state index contributed by atoms with van der Waals surface area (Å²) in [7, 11) is 0. The summed E-state index contributed by atoms with van der Waals surface area (Å²) in [6.07, 6.45) is 0. The Kier molecular flexibility index (Phi) is 3.34. The number of nitrogens with one attached hydrogen (secondary N) is 1. The Bertz CT molecular complexity index is 521. The van der Waals surface area contributed by atoms with E-state index in [0.29, 0.717) is 12.4 Å². The highest BCUT2D eigenvalue weighted by Crippen LogP contribution is 2.16. The SMILES string of the molecule is Cc1ccc(CNc2ccc(C(N)=O)nn2)s1. The van der Waals surface area contributed by atoms with E-state index in [1.54, 1.807) is 23.5 Å². The van der Waals surface area contributed by atoms with Crippen molar-refractivity contribution >= 4 is 23.1 Å². The number of nitrogens with zero attached hydrogens (tertiary/aromatic N) is 2. The molecular formula is C11H12N4OS. The molecule has 5 nitrogen and oxygen atoms in total. The van der Waals surface area contributed by atoms with Gasteiger partial charge in [-0.2, -0.15) is 0 Å². The highest BCUT2D eigenvalue weighted by molar-refractivity contribution is 7.11. The van der Waals surface area contributed by atoms with Gasteiger partial charge in [-0.05, 0) is 31.2 Å². The van der Waals surface area contributed by atoms with Crippen LogP contribution >= 0.6 is 11.3 Å². The first kappa shape index (κ1) is 11.5. The molecule has 88 valence electrons. The van der Waals surface area contributed by atoms with Gasteiger partial charge in [-0.15, -0.1) is 21.5 Å². The number of aryl methyl sites for hydroxylation is 1. The number of hydrogen-bond acceptors (Lipinski definition) is 5. The van der Waals surface area contributed by atoms with Crippen LogP contribution in [0.25, 0.3) is 0 Å². The number of carbonyl (C=O) groups is 1. The fraction of sp³-hybridized carbons (Fsp3) is 0.182. The molecule has 3 N–H and O–H groups in total. The van der Waals surface area contributed by atoms with Crippen LogP contribution in [-0.4, -0.2) is 16.1 Å². The van der Waals surface area contributed by atoms with E-state index >= 15 is 0 Å². The maximum Gasteiger partial charge on any atom is 0.269 e. The van der Waals surface area contributed by atoms with Crippen LogP contribution in [-0.2, 0) is 6.54 Å². The molecule has 0 saturated carbocycles. The van der Waals surface area contributed by atoms with Crippen LogP contribution < -0.4 is 11.1 Å². The molecule has 0 aromatic carbocycles. The minimum Gasteiger partial charge on any atom is -0.364 e. The second kappa shape index (κ2) is 4.92. The monoisotopic (exact) mass is 248 g/mol. The van der Waals surface area contributed by atoms with E-state index in [9.17, 15) is 4.79 Å². The largest absolute Gasteiger partial charge is 0.364 e. The minimum atomic E-state index is -0.571. The molecule has 0 aliphatic heterocycles. The molecule has 0 saturated heterocycles. The zero-order valence-electron chi connectivity index (χ0n) is 9.30. The Labute approximate surface area is 103 Å². The molecule has 0 aliphatic rings. The van der Waals surface area contributed by atoms with E-state index in [1.165, 1.54) is 9.75 Å². The predicted octanol–water partition coefficient (Wildman–Crippen LogP) is 1.56. The zero-order chi connectivity index (χ0) is 12.3. The second-order valence-corrected chi connectivity index (χ2v) is 4.91. The number of hydrogen-bond donors (Lipinski definition) is 2. The summed E-state index contributed by atoms with van der Waals surface area (Å²) in [6.45, 7) is 2.76. The van der Waals surface area contributed by atoms with Crippen molar-refractivity contribution in [1.29, 1.82) is 0 Å². The average molecular weight is 248 g/mol. The van der Waals surface area contributed by atoms with Gasteiger partial charge in [0.2, 0.25) is 0 Å². The van der Waals surface area contributed by atoms with Crippen LogP contribution in [0, 0.1) is 6.92 Å². The number of amides is 1. The van der Waals surface area contributed by atoms with Gasteiger partial charge in [0.25, 0.3) is 5.91 Å². The molecule has 0 fully saturated rings. The zero-order valence-corrected chi connectivity index (χ0v) is 10.1. The van der Waals surface area contributed by atoms with Gasteiger partial charge in [-0.25, -0.2) is 0 Å². The standard InChI is InChI=1S/C11H12N4OS/c1-7-2-3-8(17-7)6-13-10-5-4-9(11(12)16)14-15-10/h2-5H,6H2,1H3,(H2,12,16)(H,13,15). The summed E-state index contributed by atoms with van der Waals surface area (Å²) in [4.78, 5) is 13.3. The number of nitrogens with two attached hydrogens (primary N) is 1. The third-order valence-electron chi connectivity index (χ3n) is 2.16. The summed E-state index contributed by atoms with van der Waals surface area (Å²) in [6, 6.07) is 7.38. The van der Waals surface area contributed by atoms with E-state index in [-0.39, 0.29) is 5.69 Å². The smallest absolute Gasteiger partial charge is 0.269 e. The lowest BCUT2D eigenvalue weighted by atomic mass is 10.3. The van der Waals surface area contributed by atoms with Gasteiger partial charge < -0.3 is 11.1 Å². The van der Waals surface area contributed by atoms with E-state index in [4.69, 9.17) is 5.73 Å². The van der Waals surface area contributed by atoms with Gasteiger partial charge in [0.15, 0.2) is 5.69 Å². The summed E-state index contributed by atoms with van der Waals surface area (Å²) >= 11 is 1.73. The summed E-state index contributed by atoms with van der Waals surface area (Å²) < 4.78 is 0. The molecule has 17 heavy (non-hydrogen) atoms. The fourth-order valence-electron chi connectivity index (χ4n) is 1.32. The first-order chi connectivity index (χ1) is 8.15. The van der Waals surface area contributed by atoms with Gasteiger partial charge in [0.1, 0.15) is 5.82 Å². The van der Waals surface area contributed by atoms with Gasteiger partial charge in [0, 0.05) is 9.75 Å². The van der Waals surface area contributed by atoms with E-state index in [0.717, 1.165) is 0 Å². The minimum absolute atomic E-state index is 0.169. The van der Waals surface area contributed by atoms with Crippen molar-refractivity contribution in [2.24, 2.45) is 5.73 Å². The Morgan fingerprint density at radius 3 is 2.71 bits per heavy atom. The van der Waals surface area contributed by atoms with Crippen molar-refractivity contribution in [3.05, 3.63) is 39.7 Å². The number of aromatic nitrogens is 2. The van der Waals surface area contributed by atoms with E-state index in [1.807, 2.05) is 0 Å². The van der Waals surface area contributed by atoms with Crippen molar-refractivity contribution in [2.75, 3.05) is 5.32 Å². The lowest BCUT2D eigenvalue weighted by Crippen LogP contribution is -2.14. The highest BCUT2D eigenvalue weighted by atomic mass is 32.1. The normalized spacial score (nSPS) is 10.2. The van der Waals surface area contributed by atoms with Gasteiger partial charge in [0.05, 0.1) is 6.54 Å². The van der Waals surface area contributed by atoms with Crippen LogP contribution in [0.2, 0.25) is 0 Å². The van der Waals surface area contributed by atoms with Crippen LogP contribution in [0.5, 0.6) is 0 Å². The average Bonchev–Trinajstić information content (AvgIpc) is 2.73. The van der Waals surface area contributed by atoms with Crippen LogP contribution in [0.4, 0.5) is 5.82 Å². The molecule has 0 radical (unpaired) electrons. The maximum atomic E-state index is 10.8. The number of carbonyl (C=O) groups excluding carboxylic acids is 1. The van der Waals surface area contributed by atoms with Crippen molar-refractivity contribution in [3.8, 4) is 0 Å². The number of anilines is 1. The first-order valence-corrected chi connectivity index (χ1v) is 5.89. The fourth-order valence-corrected chi connectivity index (χ4v) is 2.15. The molecule has 0 unspecified atom stereocenters. The molecule has 2 aromatic rings. The third kappa shape index (κ3) is 3.01. The molecule has 2 heterocycles. The molecular weight excluding hydrogens is 236 g/mol. The van der Waals surface area contributed by atoms with Crippen molar-refractivity contribution in [1.82, 2.24) is 10.2 Å². The van der Waals surface area contributed by atoms with Gasteiger partial charge in [-0.3, -0.25) is 4.79 Å². The maximum absolute atomic E-state index is 10.8. The molecule has 0 spiro atoms. The lowest BCUT2D eigenvalue weighted by molar-refractivity contribution is 0.0994. The highest BCUT2D eigenvalue weighted by Gasteiger charge is 2.03. The molecule has 1 amide bonds. The Morgan fingerprint density at radius 2 is 2.18 bits per heavy atom. The Hall–Kier alpha value is -1.95. The Morgan fingerprint density at radius 1 is 1.35 bits per heavy atom. The summed E-state index contributed by atoms with van der Waals surface area (Å²) in [5.74, 6) is 0.0546. The third-order valence-corrected chi connectivity index (χ3v) is 3.16. The molecule has 0 aliphatic carbocycles. The summed E-state index contributed by atoms with van der Waals surface area (Å²) in [5, 5.41) is 10.7. The van der Waals surface area contributed by atoms with Crippen LogP contribution in [0.1, 0.15) is 20.2 Å². The Balaban J connectivity index is 1.97. The molecule has 0 bridgehead atoms. The first-order valence-electron chi connectivity index (χ1n) is 5.08. The molecule has 6 heteroatoms. The number of thiophene rings is 1. The molecule has 2 aromatic heterocycles. The quantitative estimate of drug-likeness (QED) is 0.860. The van der Waals surface area contributed by atoms with Crippen LogP contribution in [0.15, 0.2) is 24.3 Å².